The summed E-state index contributed by atoms with van der Waals surface area (Å²) in [5, 5.41) is 11.0. The fraction of sp³-hybridized carbons (Fsp3) is 0.182. The number of aromatic nitrogens is 1. The Labute approximate surface area is 183 Å². The molecule has 1 aromatic heterocycles. The summed E-state index contributed by atoms with van der Waals surface area (Å²) in [6, 6.07) is 15.0. The second kappa shape index (κ2) is 9.01. The minimum atomic E-state index is -0.550. The molecule has 0 radical (unpaired) electrons. The van der Waals surface area contributed by atoms with Crippen molar-refractivity contribution in [2.45, 2.75) is 13.0 Å². The van der Waals surface area contributed by atoms with Gasteiger partial charge < -0.3 is 14.4 Å². The Bertz CT molecular complexity index is 1120. The quantitative estimate of drug-likeness (QED) is 0.403. The molecule has 0 atom stereocenters. The Morgan fingerprint density at radius 1 is 1.13 bits per heavy atom. The zero-order valence-electron chi connectivity index (χ0n) is 16.4. The maximum absolute atomic E-state index is 13.3. The van der Waals surface area contributed by atoms with Gasteiger partial charge in [-0.25, -0.2) is 0 Å². The summed E-state index contributed by atoms with van der Waals surface area (Å²) in [5.41, 5.74) is 1.74. The van der Waals surface area contributed by atoms with Crippen molar-refractivity contribution in [3.05, 3.63) is 92.8 Å². The molecule has 0 aliphatic carbocycles. The Balaban J connectivity index is 1.59. The lowest BCUT2D eigenvalue weighted by atomic mass is 10.1. The zero-order valence-corrected chi connectivity index (χ0v) is 17.1. The summed E-state index contributed by atoms with van der Waals surface area (Å²) in [5.74, 6) is 0.963. The van der Waals surface area contributed by atoms with Gasteiger partial charge in [0, 0.05) is 43.5 Å². The highest BCUT2D eigenvalue weighted by Crippen LogP contribution is 2.33. The molecule has 2 aromatic carbocycles. The van der Waals surface area contributed by atoms with Crippen LogP contribution < -0.4 is 9.47 Å². The van der Waals surface area contributed by atoms with Crippen LogP contribution in [0.25, 0.3) is 0 Å². The number of nitro groups is 1. The van der Waals surface area contributed by atoms with E-state index in [9.17, 15) is 14.9 Å². The van der Waals surface area contributed by atoms with E-state index in [4.69, 9.17) is 21.1 Å². The molecule has 0 unspecified atom stereocenters. The molecule has 3 aromatic rings. The Morgan fingerprint density at radius 2 is 1.97 bits per heavy atom. The first kappa shape index (κ1) is 20.6. The summed E-state index contributed by atoms with van der Waals surface area (Å²) in [6.45, 7) is 0.854. The van der Waals surface area contributed by atoms with Gasteiger partial charge in [-0.1, -0.05) is 23.7 Å². The highest BCUT2D eigenvalue weighted by molar-refractivity contribution is 6.34. The van der Waals surface area contributed by atoms with Crippen molar-refractivity contribution >= 4 is 23.2 Å². The standard InChI is InChI=1S/C22H18ClN3O5/c23-19-12-17(26(28)29)5-6-18(19)22(27)25(10-8-16-3-1-2-9-24-16)13-15-4-7-20-21(11-15)31-14-30-20/h1-7,9,11-12H,8,10,13-14H2. The summed E-state index contributed by atoms with van der Waals surface area (Å²) in [4.78, 5) is 29.7. The molecule has 1 aliphatic heterocycles. The highest BCUT2D eigenvalue weighted by atomic mass is 35.5. The van der Waals surface area contributed by atoms with Crippen LogP contribution in [0.15, 0.2) is 60.8 Å². The summed E-state index contributed by atoms with van der Waals surface area (Å²) >= 11 is 6.21. The molecular weight excluding hydrogens is 422 g/mol. The van der Waals surface area contributed by atoms with Crippen LogP contribution in [0.2, 0.25) is 5.02 Å². The van der Waals surface area contributed by atoms with E-state index in [1.165, 1.54) is 18.2 Å². The van der Waals surface area contributed by atoms with Gasteiger partial charge in [-0.05, 0) is 35.9 Å². The first-order valence-electron chi connectivity index (χ1n) is 9.53. The monoisotopic (exact) mass is 439 g/mol. The smallest absolute Gasteiger partial charge is 0.270 e. The van der Waals surface area contributed by atoms with Gasteiger partial charge in [-0.15, -0.1) is 0 Å². The van der Waals surface area contributed by atoms with Crippen LogP contribution in [-0.4, -0.2) is 34.1 Å². The summed E-state index contributed by atoms with van der Waals surface area (Å²) in [6.07, 6.45) is 2.24. The first-order chi connectivity index (χ1) is 15.0. The van der Waals surface area contributed by atoms with E-state index in [0.717, 1.165) is 11.3 Å². The lowest BCUT2D eigenvalue weighted by Gasteiger charge is -2.23. The third-order valence-electron chi connectivity index (χ3n) is 4.86. The van der Waals surface area contributed by atoms with Crippen LogP contribution in [0.5, 0.6) is 11.5 Å². The van der Waals surface area contributed by atoms with Crippen molar-refractivity contribution in [2.24, 2.45) is 0 Å². The Hall–Kier alpha value is -3.65. The van der Waals surface area contributed by atoms with E-state index < -0.39 is 4.92 Å². The van der Waals surface area contributed by atoms with Crippen molar-refractivity contribution in [2.75, 3.05) is 13.3 Å². The van der Waals surface area contributed by atoms with Crippen molar-refractivity contribution in [3.8, 4) is 11.5 Å². The van der Waals surface area contributed by atoms with Gasteiger partial charge in [0.2, 0.25) is 6.79 Å². The number of rotatable bonds is 7. The summed E-state index contributed by atoms with van der Waals surface area (Å²) < 4.78 is 10.8. The fourth-order valence-corrected chi connectivity index (χ4v) is 3.52. The van der Waals surface area contributed by atoms with Crippen LogP contribution >= 0.6 is 11.6 Å². The van der Waals surface area contributed by atoms with Gasteiger partial charge >= 0.3 is 0 Å². The largest absolute Gasteiger partial charge is 0.454 e. The van der Waals surface area contributed by atoms with Crippen molar-refractivity contribution in [1.82, 2.24) is 9.88 Å². The molecule has 8 nitrogen and oxygen atoms in total. The molecule has 2 heterocycles. The van der Waals surface area contributed by atoms with Gasteiger partial charge in [0.15, 0.2) is 11.5 Å². The van der Waals surface area contributed by atoms with E-state index in [2.05, 4.69) is 4.98 Å². The van der Waals surface area contributed by atoms with Crippen LogP contribution in [0.3, 0.4) is 0 Å². The van der Waals surface area contributed by atoms with Crippen LogP contribution in [0, 0.1) is 10.1 Å². The predicted molar refractivity (Wildman–Crippen MR) is 113 cm³/mol. The maximum Gasteiger partial charge on any atom is 0.270 e. The number of halogens is 1. The van der Waals surface area contributed by atoms with Crippen LogP contribution in [-0.2, 0) is 13.0 Å². The first-order valence-corrected chi connectivity index (χ1v) is 9.91. The van der Waals surface area contributed by atoms with E-state index in [0.29, 0.717) is 31.0 Å². The molecule has 1 aliphatic rings. The number of hydrogen-bond acceptors (Lipinski definition) is 6. The number of fused-ring (bicyclic) bond motifs is 1. The number of ether oxygens (including phenoxy) is 2. The van der Waals surface area contributed by atoms with Crippen LogP contribution in [0.1, 0.15) is 21.6 Å². The molecule has 31 heavy (non-hydrogen) atoms. The number of carbonyl (C=O) groups is 1. The number of hydrogen-bond donors (Lipinski definition) is 0. The highest BCUT2D eigenvalue weighted by Gasteiger charge is 2.22. The third kappa shape index (κ3) is 4.75. The van der Waals surface area contributed by atoms with E-state index in [-0.39, 0.29) is 29.0 Å². The second-order valence-electron chi connectivity index (χ2n) is 6.91. The topological polar surface area (TPSA) is 94.8 Å². The number of non-ortho nitro benzene ring substituents is 1. The molecule has 4 rings (SSSR count). The van der Waals surface area contributed by atoms with Gasteiger partial charge in [0.1, 0.15) is 0 Å². The molecular formula is C22H18ClN3O5. The molecule has 0 bridgehead atoms. The maximum atomic E-state index is 13.3. The average molecular weight is 440 g/mol. The number of pyridine rings is 1. The van der Waals surface area contributed by atoms with Crippen LogP contribution in [0.4, 0.5) is 5.69 Å². The number of carbonyl (C=O) groups excluding carboxylic acids is 1. The fourth-order valence-electron chi connectivity index (χ4n) is 3.27. The molecule has 9 heteroatoms. The normalized spacial score (nSPS) is 11.9. The number of nitrogens with zero attached hydrogens (tertiary/aromatic N) is 3. The number of benzene rings is 2. The van der Waals surface area contributed by atoms with E-state index in [1.54, 1.807) is 17.2 Å². The third-order valence-corrected chi connectivity index (χ3v) is 5.17. The van der Waals surface area contributed by atoms with E-state index >= 15 is 0 Å². The molecule has 0 saturated carbocycles. The SMILES string of the molecule is O=C(c1ccc([N+](=O)[O-])cc1Cl)N(CCc1ccccn1)Cc1ccc2c(c1)OCO2. The molecule has 0 saturated heterocycles. The minimum Gasteiger partial charge on any atom is -0.454 e. The molecule has 0 spiro atoms. The molecule has 0 N–H and O–H groups in total. The van der Waals surface area contributed by atoms with Gasteiger partial charge in [0.25, 0.3) is 11.6 Å². The second-order valence-corrected chi connectivity index (χ2v) is 7.31. The Kier molecular flexibility index (Phi) is 5.99. The predicted octanol–water partition coefficient (Wildman–Crippen LogP) is 4.26. The molecule has 1 amide bonds. The average Bonchev–Trinajstić information content (AvgIpc) is 3.24. The zero-order chi connectivity index (χ0) is 21.8. The van der Waals surface area contributed by atoms with Crippen molar-refractivity contribution < 1.29 is 19.2 Å². The van der Waals surface area contributed by atoms with Gasteiger partial charge in [-0.2, -0.15) is 0 Å². The lowest BCUT2D eigenvalue weighted by molar-refractivity contribution is -0.384. The minimum absolute atomic E-state index is 0.0349. The lowest BCUT2D eigenvalue weighted by Crippen LogP contribution is -2.33. The Morgan fingerprint density at radius 3 is 2.71 bits per heavy atom. The van der Waals surface area contributed by atoms with Gasteiger partial charge in [0.05, 0.1) is 15.5 Å². The van der Waals surface area contributed by atoms with Crippen molar-refractivity contribution in [1.29, 1.82) is 0 Å². The molecule has 158 valence electrons. The summed E-state index contributed by atoms with van der Waals surface area (Å²) in [7, 11) is 0. The van der Waals surface area contributed by atoms with E-state index in [1.807, 2.05) is 30.3 Å². The van der Waals surface area contributed by atoms with Gasteiger partial charge in [-0.3, -0.25) is 19.9 Å². The number of amides is 1. The molecule has 0 fully saturated rings. The van der Waals surface area contributed by atoms with Crippen molar-refractivity contribution in [3.63, 3.8) is 0 Å². The number of nitro benzene ring substituents is 1.